The Labute approximate surface area is 735 Å². The lowest BCUT2D eigenvalue weighted by Crippen LogP contribution is -2.81. The summed E-state index contributed by atoms with van der Waals surface area (Å²) in [6, 6.07) is 31.5. The van der Waals surface area contributed by atoms with Crippen LogP contribution in [0.4, 0.5) is 24.5 Å². The van der Waals surface area contributed by atoms with Gasteiger partial charge in [-0.3, -0.25) is 24.0 Å². The van der Waals surface area contributed by atoms with Crippen LogP contribution in [0, 0.1) is 17.5 Å². The normalized spacial score (nSPS) is 20.1. The molecule has 9 aliphatic rings. The third-order valence-electron chi connectivity index (χ3n) is 26.1. The number of nitrogens with two attached hydrogens (primary N) is 3. The van der Waals surface area contributed by atoms with Crippen molar-refractivity contribution >= 4 is 40.9 Å². The molecule has 3 atom stereocenters. The number of aromatic nitrogens is 3. The monoisotopic (exact) mass is 1730 g/mol. The Morgan fingerprint density at radius 2 is 0.808 bits per heavy atom. The van der Waals surface area contributed by atoms with Crippen LogP contribution < -0.4 is 60.7 Å². The molecule has 5 amide bonds. The topological polar surface area (TPSA) is 286 Å². The van der Waals surface area contributed by atoms with Gasteiger partial charge in [0, 0.05) is 168 Å². The van der Waals surface area contributed by atoms with Gasteiger partial charge in [0.05, 0.1) is 51.0 Å². The molecule has 27 heteroatoms. The average Bonchev–Trinajstić information content (AvgIpc) is 1.81. The van der Waals surface area contributed by atoms with Gasteiger partial charge in [0.15, 0.2) is 18.3 Å². The number of amides is 5. The first-order valence-corrected chi connectivity index (χ1v) is 46.9. The van der Waals surface area contributed by atoms with Crippen molar-refractivity contribution in [2.45, 2.75) is 254 Å². The number of hydrogen-bond acceptors (Lipinski definition) is 14. The summed E-state index contributed by atoms with van der Waals surface area (Å²) in [5.74, 6) is 4.05. The van der Waals surface area contributed by atoms with Crippen molar-refractivity contribution < 1.29 is 87.2 Å². The molecule has 6 saturated heterocycles. The van der Waals surface area contributed by atoms with Crippen LogP contribution in [0.25, 0.3) is 0 Å². The second kappa shape index (κ2) is 45.6. The number of piperidine rings is 3. The maximum Gasteiger partial charge on any atom is 0.253 e. The smallest absolute Gasteiger partial charge is 0.253 e. The van der Waals surface area contributed by atoms with Crippen LogP contribution in [-0.4, -0.2) is 200 Å². The maximum absolute atomic E-state index is 14.5. The van der Waals surface area contributed by atoms with Crippen LogP contribution in [0.1, 0.15) is 263 Å². The van der Waals surface area contributed by atoms with E-state index >= 15 is 0 Å². The first kappa shape index (κ1) is 91.4. The van der Waals surface area contributed by atoms with Crippen molar-refractivity contribution in [3.63, 3.8) is 0 Å². The molecule has 6 aromatic carbocycles. The number of nitrogens with zero attached hydrogens (tertiary/aromatic N) is 7. The van der Waals surface area contributed by atoms with Gasteiger partial charge in [-0.25, -0.2) is 17.9 Å². The van der Waals surface area contributed by atoms with Gasteiger partial charge >= 0.3 is 0 Å². The number of rotatable bonds is 29. The highest BCUT2D eigenvalue weighted by Gasteiger charge is 2.35. The number of halogens is 3. The van der Waals surface area contributed by atoms with E-state index in [-0.39, 0.29) is 78.4 Å². The fourth-order valence-electron chi connectivity index (χ4n) is 19.4. The highest BCUT2D eigenvalue weighted by atomic mass is 19.1. The predicted octanol–water partition coefficient (Wildman–Crippen LogP) is 12.2. The Morgan fingerprint density at radius 1 is 0.440 bits per heavy atom. The van der Waals surface area contributed by atoms with Gasteiger partial charge in [0.1, 0.15) is 89.9 Å². The van der Waals surface area contributed by atoms with E-state index in [4.69, 9.17) is 28.4 Å². The lowest BCUT2D eigenvalue weighted by molar-refractivity contribution is -0.638. The molecular weight excluding hydrogens is 1590 g/mol. The Kier molecular flexibility index (Phi) is 33.3. The fourth-order valence-corrected chi connectivity index (χ4v) is 19.4. The summed E-state index contributed by atoms with van der Waals surface area (Å²) in [5, 5.41) is 20.7. The van der Waals surface area contributed by atoms with E-state index < -0.39 is 11.6 Å². The molecule has 3 saturated carbocycles. The van der Waals surface area contributed by atoms with Crippen LogP contribution in [0.3, 0.4) is 0 Å². The highest BCUT2D eigenvalue weighted by Crippen LogP contribution is 2.43. The van der Waals surface area contributed by atoms with Crippen molar-refractivity contribution in [2.24, 2.45) is 0 Å². The molecule has 9 fully saturated rings. The number of anilines is 2. The SMILES string of the molecule is CCCCC(=O)Nc1cc(F)cc(OC2CCN(C(=O)c3ccc(O[C@H]4CC[NH2+]C4)c(C4CCCCC4)c3)CC2)c1.CN(C)Cc1cn(Cc2cc(F)cc(OC3CCN(C(=O)c4ccc(O[C@H]5CC[NH2+]C5)c(C5CCCCC5)c4)CC3)c2)nn1.[NH3+]CCC(=O)Nc1cc(F)cc(OC2CCN(C(=O)c3ccc(O[C@H]4CC[NH2+]C4)c(C4CCCCC4)c3)CC2)c1. The third-order valence-corrected chi connectivity index (χ3v) is 26.1. The standard InChI is InChI=1S/C34H45FN6O3.C33H44FN3O4.C31H41FN4O4/c1-39(2)22-28-23-41(38-37-28)21-24-16-27(35)19-31(17-24)43-29-11-14-40(15-12-29)34(42)26-8-9-33(44-30-10-13-36-20-30)32(18-26)25-6-4-3-5-7-25;1-2-3-9-32(38)36-26-19-25(34)20-29(21-26)40-27-13-16-37(17-14-27)33(39)24-10-11-31(41-28-12-15-35-22-28)30(18-24)23-7-5-4-6-8-23;32-23-17-24(35-30(37)8-12-33)19-27(18-23)39-25-10-14-36(15-11-25)31(38)22-6-7-29(40-26-9-13-34-20-26)28(16-22)21-4-2-1-3-5-21/h8-9,16-19,23,25,29-30,36H,3-7,10-15,20-22H2,1-2H3;10-11,18-21,23,27-28,35H,2-9,12-17,22H2,1H3,(H,36,38);6-7,16-19,21,25-26,34H,1-5,8-15,20,33H2,(H,35,37)/p+4/t30-;28-;26-/m000/s1. The van der Waals surface area contributed by atoms with Gasteiger partial charge in [-0.15, -0.1) is 5.10 Å². The number of likely N-dealkylation sites (tertiary alicyclic amines) is 3. The van der Waals surface area contributed by atoms with Crippen molar-refractivity contribution in [1.29, 1.82) is 0 Å². The van der Waals surface area contributed by atoms with E-state index in [1.807, 2.05) is 89.3 Å². The van der Waals surface area contributed by atoms with E-state index in [0.29, 0.717) is 150 Å². The predicted molar refractivity (Wildman–Crippen MR) is 472 cm³/mol. The Bertz CT molecular complexity index is 4680. The lowest BCUT2D eigenvalue weighted by Gasteiger charge is -2.33. The molecule has 7 aromatic rings. The summed E-state index contributed by atoms with van der Waals surface area (Å²) in [4.78, 5) is 72.5. The van der Waals surface area contributed by atoms with Crippen LogP contribution in [-0.2, 0) is 22.7 Å². The Morgan fingerprint density at radius 3 is 1.16 bits per heavy atom. The lowest BCUT2D eigenvalue weighted by atomic mass is 9.83. The quantitative estimate of drug-likeness (QED) is 0.0254. The zero-order valence-corrected chi connectivity index (χ0v) is 73.8. The molecule has 7 heterocycles. The largest absolute Gasteiger partial charge is 0.490 e. The number of hydrogen-bond donors (Lipinski definition) is 6. The summed E-state index contributed by atoms with van der Waals surface area (Å²) in [6.07, 6.45) is 30.0. The van der Waals surface area contributed by atoms with Crippen molar-refractivity contribution in [2.75, 3.05) is 110 Å². The number of benzene rings is 6. The second-order valence-electron chi connectivity index (χ2n) is 36.2. The number of quaternary nitrogens is 4. The van der Waals surface area contributed by atoms with Crippen LogP contribution in [0.2, 0.25) is 0 Å². The van der Waals surface area contributed by atoms with Gasteiger partial charge in [-0.2, -0.15) is 0 Å². The molecule has 6 aliphatic heterocycles. The zero-order valence-electron chi connectivity index (χ0n) is 73.8. The van der Waals surface area contributed by atoms with Gasteiger partial charge in [0.2, 0.25) is 11.8 Å². The van der Waals surface area contributed by atoms with Gasteiger partial charge in [-0.1, -0.05) is 76.3 Å². The minimum Gasteiger partial charge on any atom is -0.490 e. The molecular formula is C98H134F3N13O11+4. The molecule has 125 heavy (non-hydrogen) atoms. The number of carbonyl (C=O) groups is 5. The molecule has 1 aromatic heterocycles. The minimum atomic E-state index is -0.470. The zero-order chi connectivity index (χ0) is 87.0. The van der Waals surface area contributed by atoms with Crippen molar-refractivity contribution in [3.05, 3.63) is 177 Å². The van der Waals surface area contributed by atoms with E-state index in [2.05, 4.69) is 60.8 Å². The van der Waals surface area contributed by atoms with E-state index in [1.54, 1.807) is 16.8 Å². The summed E-state index contributed by atoms with van der Waals surface area (Å²) >= 11 is 0. The molecule has 3 aliphatic carbocycles. The molecule has 24 nitrogen and oxygen atoms in total. The summed E-state index contributed by atoms with van der Waals surface area (Å²) in [5.41, 5.74) is 11.9. The average molecular weight is 1730 g/mol. The van der Waals surface area contributed by atoms with Gasteiger partial charge in [0.25, 0.3) is 17.7 Å². The summed E-state index contributed by atoms with van der Waals surface area (Å²) in [6.45, 7) is 13.4. The van der Waals surface area contributed by atoms with Crippen LogP contribution in [0.5, 0.6) is 34.5 Å². The Hall–Kier alpha value is -9.80. The molecule has 16 rings (SSSR count). The Balaban J connectivity index is 0.000000153. The summed E-state index contributed by atoms with van der Waals surface area (Å²) in [7, 11) is 3.96. The number of ether oxygens (including phenoxy) is 6. The van der Waals surface area contributed by atoms with Crippen LogP contribution in [0.15, 0.2) is 115 Å². The third kappa shape index (κ3) is 26.7. The molecule has 0 radical (unpaired) electrons. The number of unbranched alkanes of at least 4 members (excludes halogenated alkanes) is 1. The first-order chi connectivity index (χ1) is 60.8. The van der Waals surface area contributed by atoms with E-state index in [1.165, 1.54) is 111 Å². The highest BCUT2D eigenvalue weighted by molar-refractivity contribution is 5.96. The minimum absolute atomic E-state index is 0.0393. The van der Waals surface area contributed by atoms with Crippen LogP contribution >= 0.6 is 0 Å². The molecule has 0 bridgehead atoms. The van der Waals surface area contributed by atoms with Gasteiger partial charge < -0.3 is 80.3 Å². The van der Waals surface area contributed by atoms with Crippen molar-refractivity contribution in [3.8, 4) is 34.5 Å². The molecule has 674 valence electrons. The summed E-state index contributed by atoms with van der Waals surface area (Å²) < 4.78 is 82.4. The molecule has 0 unspecified atom stereocenters. The maximum atomic E-state index is 14.5. The van der Waals surface area contributed by atoms with E-state index in [9.17, 15) is 37.1 Å². The number of nitrogens with one attached hydrogen (secondary N) is 2. The second-order valence-corrected chi connectivity index (χ2v) is 36.2. The molecule has 11 N–H and O–H groups in total. The molecule has 0 spiro atoms. The fraction of sp³-hybridized carbons (Fsp3) is 0.561. The first-order valence-electron chi connectivity index (χ1n) is 46.9. The van der Waals surface area contributed by atoms with E-state index in [0.717, 1.165) is 155 Å². The van der Waals surface area contributed by atoms with Gasteiger partial charge in [-0.05, 0) is 178 Å². The number of carbonyl (C=O) groups excluding carboxylic acids is 5. The van der Waals surface area contributed by atoms with Crippen molar-refractivity contribution in [1.82, 2.24) is 34.6 Å².